The number of nitrogens with zero attached hydrogens (tertiary/aromatic N) is 4. The normalized spacial score (nSPS) is 27.9. The fourth-order valence-corrected chi connectivity index (χ4v) is 3.75. The third-order valence-electron chi connectivity index (χ3n) is 4.28. The van der Waals surface area contributed by atoms with E-state index in [9.17, 15) is 4.79 Å². The van der Waals surface area contributed by atoms with Crippen LogP contribution in [0.1, 0.15) is 41.1 Å². The third kappa shape index (κ3) is 2.42. The molecule has 2 aliphatic heterocycles. The molecule has 7 nitrogen and oxygen atoms in total. The van der Waals surface area contributed by atoms with Gasteiger partial charge in [-0.1, -0.05) is 5.16 Å². The molecule has 0 bridgehead atoms. The van der Waals surface area contributed by atoms with Crippen molar-refractivity contribution in [2.24, 2.45) is 5.92 Å². The number of fused-ring (bicyclic) bond motifs is 1. The largest absolute Gasteiger partial charge is 0.365 e. The van der Waals surface area contributed by atoms with Crippen molar-refractivity contribution in [3.63, 3.8) is 0 Å². The summed E-state index contributed by atoms with van der Waals surface area (Å²) in [4.78, 5) is 22.6. The minimum absolute atomic E-state index is 0.0109. The molecule has 0 aliphatic carbocycles. The van der Waals surface area contributed by atoms with Crippen molar-refractivity contribution in [2.45, 2.75) is 32.0 Å². The van der Waals surface area contributed by atoms with Gasteiger partial charge in [-0.3, -0.25) is 4.79 Å². The van der Waals surface area contributed by atoms with Crippen molar-refractivity contribution >= 4 is 17.2 Å². The Morgan fingerprint density at radius 3 is 3.14 bits per heavy atom. The second kappa shape index (κ2) is 5.44. The van der Waals surface area contributed by atoms with E-state index in [0.29, 0.717) is 36.4 Å². The maximum absolute atomic E-state index is 12.4. The van der Waals surface area contributed by atoms with Gasteiger partial charge in [0.15, 0.2) is 5.82 Å². The number of aryl methyl sites for hydroxylation is 1. The Morgan fingerprint density at radius 1 is 1.50 bits per heavy atom. The van der Waals surface area contributed by atoms with Crippen molar-refractivity contribution in [1.82, 2.24) is 20.0 Å². The molecule has 0 spiro atoms. The number of piperidine rings is 1. The van der Waals surface area contributed by atoms with Crippen LogP contribution in [0.2, 0.25) is 0 Å². The molecule has 3 atom stereocenters. The lowest BCUT2D eigenvalue weighted by atomic mass is 9.92. The molecule has 0 radical (unpaired) electrons. The monoisotopic (exact) mass is 320 g/mol. The summed E-state index contributed by atoms with van der Waals surface area (Å²) in [6, 6.07) is 0. The third-order valence-corrected chi connectivity index (χ3v) is 4.86. The SMILES string of the molecule is Cc1noc([C@@H]2C[C@@H]3CN(C(=O)c4cscn4)CC[C@H]3O2)n1. The maximum Gasteiger partial charge on any atom is 0.273 e. The highest BCUT2D eigenvalue weighted by atomic mass is 32.1. The van der Waals surface area contributed by atoms with Crippen LogP contribution < -0.4 is 0 Å². The van der Waals surface area contributed by atoms with Crippen molar-refractivity contribution in [3.8, 4) is 0 Å². The highest BCUT2D eigenvalue weighted by molar-refractivity contribution is 7.07. The van der Waals surface area contributed by atoms with E-state index < -0.39 is 0 Å². The first-order chi connectivity index (χ1) is 10.7. The second-order valence-electron chi connectivity index (χ2n) is 5.75. The summed E-state index contributed by atoms with van der Waals surface area (Å²) in [6.45, 7) is 3.20. The van der Waals surface area contributed by atoms with Gasteiger partial charge >= 0.3 is 0 Å². The molecule has 8 heteroatoms. The number of hydrogen-bond donors (Lipinski definition) is 0. The van der Waals surface area contributed by atoms with E-state index in [1.807, 2.05) is 4.90 Å². The fourth-order valence-electron chi connectivity index (χ4n) is 3.23. The van der Waals surface area contributed by atoms with Crippen LogP contribution in [0.3, 0.4) is 0 Å². The van der Waals surface area contributed by atoms with Gasteiger partial charge in [-0.25, -0.2) is 4.98 Å². The molecule has 22 heavy (non-hydrogen) atoms. The molecule has 2 saturated heterocycles. The van der Waals surface area contributed by atoms with Crippen LogP contribution in [0.15, 0.2) is 15.4 Å². The molecule has 1 amide bonds. The predicted molar refractivity (Wildman–Crippen MR) is 77.4 cm³/mol. The number of carbonyl (C=O) groups is 1. The summed E-state index contributed by atoms with van der Waals surface area (Å²) >= 11 is 1.44. The highest BCUT2D eigenvalue weighted by Gasteiger charge is 2.42. The number of rotatable bonds is 2. The van der Waals surface area contributed by atoms with Crippen LogP contribution in [0.4, 0.5) is 0 Å². The first-order valence-corrected chi connectivity index (χ1v) is 8.28. The van der Waals surface area contributed by atoms with Gasteiger partial charge in [0, 0.05) is 24.4 Å². The summed E-state index contributed by atoms with van der Waals surface area (Å²) in [7, 11) is 0. The average molecular weight is 320 g/mol. The van der Waals surface area contributed by atoms with Crippen molar-refractivity contribution in [3.05, 3.63) is 28.3 Å². The number of carbonyl (C=O) groups excluding carboxylic acids is 1. The van der Waals surface area contributed by atoms with E-state index in [1.165, 1.54) is 11.3 Å². The van der Waals surface area contributed by atoms with E-state index in [4.69, 9.17) is 9.26 Å². The first-order valence-electron chi connectivity index (χ1n) is 7.34. The quantitative estimate of drug-likeness (QED) is 0.839. The number of hydrogen-bond acceptors (Lipinski definition) is 7. The van der Waals surface area contributed by atoms with Crippen molar-refractivity contribution in [1.29, 1.82) is 0 Å². The molecule has 2 fully saturated rings. The fraction of sp³-hybridized carbons (Fsp3) is 0.571. The zero-order valence-electron chi connectivity index (χ0n) is 12.1. The van der Waals surface area contributed by atoms with Crippen LogP contribution in [0, 0.1) is 12.8 Å². The van der Waals surface area contributed by atoms with E-state index >= 15 is 0 Å². The first kappa shape index (κ1) is 13.8. The smallest absolute Gasteiger partial charge is 0.273 e. The van der Waals surface area contributed by atoms with Gasteiger partial charge in [-0.2, -0.15) is 4.98 Å². The van der Waals surface area contributed by atoms with E-state index in [0.717, 1.165) is 12.8 Å². The number of likely N-dealkylation sites (tertiary alicyclic amines) is 1. The topological polar surface area (TPSA) is 81.4 Å². The second-order valence-corrected chi connectivity index (χ2v) is 6.47. The molecular weight excluding hydrogens is 304 g/mol. The van der Waals surface area contributed by atoms with Gasteiger partial charge in [0.1, 0.15) is 11.8 Å². The Kier molecular flexibility index (Phi) is 3.42. The van der Waals surface area contributed by atoms with Crippen LogP contribution in [-0.2, 0) is 4.74 Å². The Morgan fingerprint density at radius 2 is 2.41 bits per heavy atom. The van der Waals surface area contributed by atoms with Crippen molar-refractivity contribution in [2.75, 3.05) is 13.1 Å². The minimum Gasteiger partial charge on any atom is -0.365 e. The van der Waals surface area contributed by atoms with E-state index in [-0.39, 0.29) is 18.1 Å². The number of aromatic nitrogens is 3. The lowest BCUT2D eigenvalue weighted by Gasteiger charge is -2.33. The van der Waals surface area contributed by atoms with Gasteiger partial charge < -0.3 is 14.2 Å². The van der Waals surface area contributed by atoms with Gasteiger partial charge in [0.05, 0.1) is 11.6 Å². The van der Waals surface area contributed by atoms with Crippen LogP contribution in [-0.4, -0.2) is 45.1 Å². The Balaban J connectivity index is 1.44. The van der Waals surface area contributed by atoms with E-state index in [2.05, 4.69) is 15.1 Å². The Bertz CT molecular complexity index is 671. The molecule has 0 saturated carbocycles. The standard InChI is InChI=1S/C14H16N4O3S/c1-8-16-13(21-17-8)12-4-9-5-18(3-2-11(9)20-12)14(19)10-6-22-7-15-10/h6-7,9,11-12H,2-5H2,1H3/t9-,11-,12+/m1/s1. The summed E-state index contributed by atoms with van der Waals surface area (Å²) in [5.74, 6) is 1.49. The molecule has 4 heterocycles. The Hall–Kier alpha value is -1.80. The molecule has 2 aliphatic rings. The predicted octanol–water partition coefficient (Wildman–Crippen LogP) is 1.83. The van der Waals surface area contributed by atoms with Gasteiger partial charge in [0.25, 0.3) is 11.8 Å². The molecule has 0 N–H and O–H groups in total. The molecule has 4 rings (SSSR count). The summed E-state index contributed by atoms with van der Waals surface area (Å²) in [5, 5.41) is 5.61. The van der Waals surface area contributed by atoms with Crippen LogP contribution in [0.5, 0.6) is 0 Å². The highest BCUT2D eigenvalue weighted by Crippen LogP contribution is 2.40. The van der Waals surface area contributed by atoms with E-state index in [1.54, 1.807) is 17.8 Å². The van der Waals surface area contributed by atoms with Crippen LogP contribution in [0.25, 0.3) is 0 Å². The van der Waals surface area contributed by atoms with Gasteiger partial charge in [-0.15, -0.1) is 11.3 Å². The van der Waals surface area contributed by atoms with Gasteiger partial charge in [-0.05, 0) is 19.8 Å². The molecule has 0 aromatic carbocycles. The maximum atomic E-state index is 12.4. The Labute approximate surface area is 131 Å². The zero-order valence-corrected chi connectivity index (χ0v) is 13.0. The molecule has 116 valence electrons. The summed E-state index contributed by atoms with van der Waals surface area (Å²) in [6.07, 6.45) is 1.67. The molecule has 2 aromatic heterocycles. The minimum atomic E-state index is -0.148. The number of thiazole rings is 1. The summed E-state index contributed by atoms with van der Waals surface area (Å²) in [5.41, 5.74) is 2.22. The lowest BCUT2D eigenvalue weighted by Crippen LogP contribution is -2.44. The van der Waals surface area contributed by atoms with Crippen molar-refractivity contribution < 1.29 is 14.1 Å². The number of amides is 1. The molecular formula is C14H16N4O3S. The lowest BCUT2D eigenvalue weighted by molar-refractivity contribution is -0.00785. The summed E-state index contributed by atoms with van der Waals surface area (Å²) < 4.78 is 11.2. The molecule has 0 unspecified atom stereocenters. The van der Waals surface area contributed by atoms with Gasteiger partial charge in [0.2, 0.25) is 0 Å². The number of ether oxygens (including phenoxy) is 1. The average Bonchev–Trinajstić information content (AvgIpc) is 3.25. The molecule has 2 aromatic rings. The zero-order chi connectivity index (χ0) is 15.1. The van der Waals surface area contributed by atoms with Crippen LogP contribution >= 0.6 is 11.3 Å².